The maximum absolute atomic E-state index is 12.0. The van der Waals surface area contributed by atoms with Gasteiger partial charge in [0.15, 0.2) is 12.6 Å². The number of hydrogen-bond acceptors (Lipinski definition) is 5. The summed E-state index contributed by atoms with van der Waals surface area (Å²) < 4.78 is 21.3. The Hall–Kier alpha value is -1.47. The van der Waals surface area contributed by atoms with Crippen LogP contribution in [0.2, 0.25) is 0 Å². The number of nitrogens with one attached hydrogen (secondary N) is 1. The molecule has 0 unspecified atom stereocenters. The molecular formula is C15H21NO5. The Labute approximate surface area is 124 Å². The molecule has 1 aliphatic heterocycles. The van der Waals surface area contributed by atoms with E-state index in [4.69, 9.17) is 18.9 Å². The van der Waals surface area contributed by atoms with Crippen LogP contribution in [0.4, 0.5) is 0 Å². The summed E-state index contributed by atoms with van der Waals surface area (Å²) in [5.41, 5.74) is 0.624. The maximum atomic E-state index is 12.0. The molecule has 1 heterocycles. The lowest BCUT2D eigenvalue weighted by Crippen LogP contribution is -2.47. The molecule has 1 amide bonds. The van der Waals surface area contributed by atoms with Crippen LogP contribution in [-0.4, -0.2) is 52.0 Å². The lowest BCUT2D eigenvalue weighted by Gasteiger charge is -2.31. The lowest BCUT2D eigenvalue weighted by atomic mass is 10.2. The molecule has 1 aromatic rings. The van der Waals surface area contributed by atoms with Gasteiger partial charge in [0.2, 0.25) is 0 Å². The van der Waals surface area contributed by atoms with Gasteiger partial charge in [-0.25, -0.2) is 0 Å². The molecule has 21 heavy (non-hydrogen) atoms. The molecule has 0 atom stereocenters. The quantitative estimate of drug-likeness (QED) is 0.798. The summed E-state index contributed by atoms with van der Waals surface area (Å²) >= 11 is 0. The van der Waals surface area contributed by atoms with Crippen LogP contribution in [0.25, 0.3) is 0 Å². The number of hydrogen-bond donors (Lipinski definition) is 1. The van der Waals surface area contributed by atoms with Crippen molar-refractivity contribution < 1.29 is 23.7 Å². The van der Waals surface area contributed by atoms with E-state index in [1.165, 1.54) is 0 Å². The van der Waals surface area contributed by atoms with Crippen molar-refractivity contribution in [1.82, 2.24) is 5.32 Å². The van der Waals surface area contributed by atoms with Gasteiger partial charge in [0.25, 0.3) is 5.91 Å². The molecule has 6 heteroatoms. The fourth-order valence-electron chi connectivity index (χ4n) is 2.07. The SMILES string of the molecule is COC(CC1OCC(NC(=O)c2ccccc2)CO1)OC. The largest absolute Gasteiger partial charge is 0.356 e. The van der Waals surface area contributed by atoms with E-state index < -0.39 is 0 Å². The molecule has 1 aliphatic rings. The van der Waals surface area contributed by atoms with E-state index in [9.17, 15) is 4.79 Å². The standard InChI is InChI=1S/C15H21NO5/c1-18-13(19-2)8-14-20-9-12(10-21-14)16-15(17)11-6-4-3-5-7-11/h3-7,12-14H,8-10H2,1-2H3,(H,16,17). The average molecular weight is 295 g/mol. The van der Waals surface area contributed by atoms with Crippen molar-refractivity contribution >= 4 is 5.91 Å². The first kappa shape index (κ1) is 15.9. The third kappa shape index (κ3) is 4.78. The Morgan fingerprint density at radius 2 is 1.86 bits per heavy atom. The van der Waals surface area contributed by atoms with Gasteiger partial charge in [-0.05, 0) is 12.1 Å². The first-order valence-corrected chi connectivity index (χ1v) is 6.87. The molecule has 116 valence electrons. The minimum Gasteiger partial charge on any atom is -0.356 e. The lowest BCUT2D eigenvalue weighted by molar-refractivity contribution is -0.226. The number of carbonyl (C=O) groups is 1. The molecule has 1 saturated heterocycles. The molecule has 0 aromatic heterocycles. The molecule has 1 N–H and O–H groups in total. The van der Waals surface area contributed by atoms with E-state index >= 15 is 0 Å². The van der Waals surface area contributed by atoms with E-state index in [1.807, 2.05) is 18.2 Å². The summed E-state index contributed by atoms with van der Waals surface area (Å²) in [4.78, 5) is 12.0. The van der Waals surface area contributed by atoms with Crippen molar-refractivity contribution in [2.24, 2.45) is 0 Å². The van der Waals surface area contributed by atoms with E-state index in [0.717, 1.165) is 0 Å². The predicted molar refractivity (Wildman–Crippen MR) is 75.8 cm³/mol. The number of methoxy groups -OCH3 is 2. The molecule has 0 bridgehead atoms. The number of amides is 1. The second-order valence-corrected chi connectivity index (χ2v) is 4.77. The van der Waals surface area contributed by atoms with Crippen molar-refractivity contribution in [2.45, 2.75) is 25.0 Å². The van der Waals surface area contributed by atoms with Gasteiger partial charge < -0.3 is 24.3 Å². The van der Waals surface area contributed by atoms with Crippen molar-refractivity contribution in [2.75, 3.05) is 27.4 Å². The molecule has 0 spiro atoms. The second kappa shape index (κ2) is 8.09. The average Bonchev–Trinajstić information content (AvgIpc) is 2.55. The van der Waals surface area contributed by atoms with Crippen molar-refractivity contribution in [3.8, 4) is 0 Å². The van der Waals surface area contributed by atoms with Gasteiger partial charge in [0.1, 0.15) is 0 Å². The Morgan fingerprint density at radius 3 is 2.43 bits per heavy atom. The highest BCUT2D eigenvalue weighted by atomic mass is 16.7. The fraction of sp³-hybridized carbons (Fsp3) is 0.533. The molecule has 6 nitrogen and oxygen atoms in total. The van der Waals surface area contributed by atoms with E-state index in [2.05, 4.69) is 5.32 Å². The topological polar surface area (TPSA) is 66.0 Å². The summed E-state index contributed by atoms with van der Waals surface area (Å²) in [6.45, 7) is 0.812. The first-order valence-electron chi connectivity index (χ1n) is 6.87. The van der Waals surface area contributed by atoms with Gasteiger partial charge in [-0.2, -0.15) is 0 Å². The zero-order chi connectivity index (χ0) is 15.1. The van der Waals surface area contributed by atoms with Crippen molar-refractivity contribution in [3.05, 3.63) is 35.9 Å². The van der Waals surface area contributed by atoms with Crippen LogP contribution in [-0.2, 0) is 18.9 Å². The van der Waals surface area contributed by atoms with Crippen LogP contribution in [0.3, 0.4) is 0 Å². The minimum atomic E-state index is -0.375. The number of benzene rings is 1. The van der Waals surface area contributed by atoms with E-state index in [-0.39, 0.29) is 24.5 Å². The Morgan fingerprint density at radius 1 is 1.24 bits per heavy atom. The van der Waals surface area contributed by atoms with Crippen LogP contribution >= 0.6 is 0 Å². The number of ether oxygens (including phenoxy) is 4. The van der Waals surface area contributed by atoms with Gasteiger partial charge in [0.05, 0.1) is 19.3 Å². The zero-order valence-corrected chi connectivity index (χ0v) is 12.3. The summed E-state index contributed by atoms with van der Waals surface area (Å²) in [5, 5.41) is 2.89. The second-order valence-electron chi connectivity index (χ2n) is 4.77. The van der Waals surface area contributed by atoms with E-state index in [0.29, 0.717) is 25.2 Å². The first-order chi connectivity index (χ1) is 10.2. The highest BCUT2D eigenvalue weighted by Crippen LogP contribution is 2.13. The summed E-state index contributed by atoms with van der Waals surface area (Å²) in [6.07, 6.45) is -0.239. The van der Waals surface area contributed by atoms with Gasteiger partial charge in [0, 0.05) is 26.2 Å². The number of rotatable bonds is 6. The van der Waals surface area contributed by atoms with E-state index in [1.54, 1.807) is 26.4 Å². The molecule has 1 fully saturated rings. The molecule has 2 rings (SSSR count). The van der Waals surface area contributed by atoms with Crippen molar-refractivity contribution in [1.29, 1.82) is 0 Å². The Bertz CT molecular complexity index is 427. The molecule has 0 saturated carbocycles. The summed E-state index contributed by atoms with van der Waals surface area (Å²) in [6, 6.07) is 8.91. The highest BCUT2D eigenvalue weighted by Gasteiger charge is 2.26. The van der Waals surface area contributed by atoms with Crippen LogP contribution in [0.5, 0.6) is 0 Å². The maximum Gasteiger partial charge on any atom is 0.251 e. The molecule has 1 aromatic carbocycles. The monoisotopic (exact) mass is 295 g/mol. The summed E-state index contributed by atoms with van der Waals surface area (Å²) in [7, 11) is 3.14. The Kier molecular flexibility index (Phi) is 6.13. The zero-order valence-electron chi connectivity index (χ0n) is 12.3. The van der Waals surface area contributed by atoms with Gasteiger partial charge in [-0.1, -0.05) is 18.2 Å². The predicted octanol–water partition coefficient (Wildman–Crippen LogP) is 1.17. The third-order valence-corrected chi connectivity index (χ3v) is 3.25. The normalized spacial score (nSPS) is 22.2. The van der Waals surface area contributed by atoms with Crippen LogP contribution in [0.15, 0.2) is 30.3 Å². The molecule has 0 radical (unpaired) electrons. The third-order valence-electron chi connectivity index (χ3n) is 3.25. The Balaban J connectivity index is 1.75. The fourth-order valence-corrected chi connectivity index (χ4v) is 2.07. The van der Waals surface area contributed by atoms with Gasteiger partial charge >= 0.3 is 0 Å². The summed E-state index contributed by atoms with van der Waals surface area (Å²) in [5.74, 6) is -0.127. The molecule has 0 aliphatic carbocycles. The van der Waals surface area contributed by atoms with Crippen LogP contribution < -0.4 is 5.32 Å². The van der Waals surface area contributed by atoms with Crippen molar-refractivity contribution in [3.63, 3.8) is 0 Å². The molecular weight excluding hydrogens is 274 g/mol. The smallest absolute Gasteiger partial charge is 0.251 e. The minimum absolute atomic E-state index is 0.127. The number of carbonyl (C=O) groups excluding carboxylic acids is 1. The highest BCUT2D eigenvalue weighted by molar-refractivity contribution is 5.94. The van der Waals surface area contributed by atoms with Gasteiger partial charge in [-0.3, -0.25) is 4.79 Å². The van der Waals surface area contributed by atoms with Crippen LogP contribution in [0, 0.1) is 0 Å². The van der Waals surface area contributed by atoms with Gasteiger partial charge in [-0.15, -0.1) is 0 Å². The van der Waals surface area contributed by atoms with Crippen LogP contribution in [0.1, 0.15) is 16.8 Å².